The highest BCUT2D eigenvalue weighted by atomic mass is 15.1. The smallest absolute Gasteiger partial charge is 0.0546 e. The topological polar surface area (TPSA) is 3.24 Å². The lowest BCUT2D eigenvalue weighted by Gasteiger charge is -2.29. The minimum absolute atomic E-state index is 0.0635. The van der Waals surface area contributed by atoms with Crippen molar-refractivity contribution in [2.75, 3.05) is 4.90 Å². The third-order valence-electron chi connectivity index (χ3n) is 8.83. The predicted octanol–water partition coefficient (Wildman–Crippen LogP) is 10.9. The van der Waals surface area contributed by atoms with Crippen LogP contribution in [0.3, 0.4) is 0 Å². The summed E-state index contributed by atoms with van der Waals surface area (Å²) in [5.41, 5.74) is 8.93. The predicted molar refractivity (Wildman–Crippen MR) is 171 cm³/mol. The van der Waals surface area contributed by atoms with Gasteiger partial charge in [-0.3, -0.25) is 0 Å². The normalized spacial score (nSPS) is 13.4. The number of benzene rings is 7. The molecular weight excluding hydrogens is 482 g/mol. The van der Waals surface area contributed by atoms with Crippen LogP contribution in [0.15, 0.2) is 140 Å². The molecule has 40 heavy (non-hydrogen) atoms. The van der Waals surface area contributed by atoms with Crippen LogP contribution in [0.25, 0.3) is 43.4 Å². The van der Waals surface area contributed by atoms with Gasteiger partial charge in [0, 0.05) is 22.2 Å². The summed E-state index contributed by atoms with van der Waals surface area (Å²) in [5.74, 6) is 0. The van der Waals surface area contributed by atoms with Gasteiger partial charge in [0.1, 0.15) is 0 Å². The Morgan fingerprint density at radius 2 is 1.07 bits per heavy atom. The van der Waals surface area contributed by atoms with Gasteiger partial charge in [0.15, 0.2) is 0 Å². The minimum Gasteiger partial charge on any atom is -0.310 e. The summed E-state index contributed by atoms with van der Waals surface area (Å²) in [5, 5.41) is 7.64. The van der Waals surface area contributed by atoms with Crippen molar-refractivity contribution in [3.8, 4) is 11.1 Å². The van der Waals surface area contributed by atoms with Gasteiger partial charge < -0.3 is 4.90 Å². The highest BCUT2D eigenvalue weighted by Gasteiger charge is 2.35. The van der Waals surface area contributed by atoms with Crippen molar-refractivity contribution in [2.24, 2.45) is 0 Å². The second kappa shape index (κ2) is 8.56. The third kappa shape index (κ3) is 3.28. The zero-order chi connectivity index (χ0) is 26.8. The van der Waals surface area contributed by atoms with Gasteiger partial charge in [-0.25, -0.2) is 0 Å². The number of fused-ring (bicyclic) bond motifs is 8. The van der Waals surface area contributed by atoms with E-state index in [2.05, 4.69) is 158 Å². The van der Waals surface area contributed by atoms with Gasteiger partial charge in [-0.15, -0.1) is 0 Å². The summed E-state index contributed by atoms with van der Waals surface area (Å²) in [6, 6.07) is 51.2. The van der Waals surface area contributed by atoms with E-state index in [4.69, 9.17) is 0 Å². The highest BCUT2D eigenvalue weighted by Crippen LogP contribution is 2.51. The molecule has 0 aromatic heterocycles. The van der Waals surface area contributed by atoms with E-state index in [1.807, 2.05) is 0 Å². The molecule has 0 aliphatic heterocycles. The van der Waals surface area contributed by atoms with Crippen LogP contribution in [-0.2, 0) is 5.41 Å². The molecule has 0 bridgehead atoms. The van der Waals surface area contributed by atoms with Crippen molar-refractivity contribution in [1.29, 1.82) is 0 Å². The molecule has 0 unspecified atom stereocenters. The Bertz CT molecular complexity index is 2080. The highest BCUT2D eigenvalue weighted by molar-refractivity contribution is 6.21. The molecule has 1 aliphatic rings. The van der Waals surface area contributed by atoms with Gasteiger partial charge in [0.25, 0.3) is 0 Å². The molecule has 1 nitrogen and oxygen atoms in total. The fourth-order valence-corrected chi connectivity index (χ4v) is 6.86. The molecule has 0 N–H and O–H groups in total. The molecule has 1 aliphatic carbocycles. The summed E-state index contributed by atoms with van der Waals surface area (Å²) in [6.07, 6.45) is 0. The third-order valence-corrected chi connectivity index (χ3v) is 8.83. The van der Waals surface area contributed by atoms with Gasteiger partial charge in [0.2, 0.25) is 0 Å². The van der Waals surface area contributed by atoms with E-state index >= 15 is 0 Å². The summed E-state index contributed by atoms with van der Waals surface area (Å²) < 4.78 is 0. The zero-order valence-corrected chi connectivity index (χ0v) is 22.7. The van der Waals surface area contributed by atoms with Crippen molar-refractivity contribution in [3.63, 3.8) is 0 Å². The van der Waals surface area contributed by atoms with Crippen LogP contribution in [0, 0.1) is 0 Å². The van der Waals surface area contributed by atoms with Crippen LogP contribution in [0.2, 0.25) is 0 Å². The molecule has 0 saturated carbocycles. The van der Waals surface area contributed by atoms with Crippen molar-refractivity contribution in [2.45, 2.75) is 19.3 Å². The quantitative estimate of drug-likeness (QED) is 0.213. The minimum atomic E-state index is -0.0635. The van der Waals surface area contributed by atoms with Crippen molar-refractivity contribution in [3.05, 3.63) is 151 Å². The van der Waals surface area contributed by atoms with E-state index in [0.717, 1.165) is 5.69 Å². The molecule has 0 heterocycles. The number of nitrogens with zero attached hydrogens (tertiary/aromatic N) is 1. The van der Waals surface area contributed by atoms with Gasteiger partial charge in [-0.1, -0.05) is 123 Å². The monoisotopic (exact) mass is 511 g/mol. The van der Waals surface area contributed by atoms with Crippen molar-refractivity contribution < 1.29 is 0 Å². The Labute approximate surface area is 234 Å². The first-order valence-corrected chi connectivity index (χ1v) is 14.0. The maximum atomic E-state index is 2.45. The lowest BCUT2D eigenvalue weighted by atomic mass is 9.82. The van der Waals surface area contributed by atoms with Gasteiger partial charge >= 0.3 is 0 Å². The number of para-hydroxylation sites is 1. The Balaban J connectivity index is 1.45. The Morgan fingerprint density at radius 1 is 0.425 bits per heavy atom. The average Bonchev–Trinajstić information content (AvgIpc) is 3.24. The molecule has 1 heteroatoms. The SMILES string of the molecule is CC1(C)c2ccccc2-c2ccc(N(c3ccccc3)c3cc4c5ccccc5ccc4c4ccccc34)cc21. The maximum Gasteiger partial charge on any atom is 0.0546 e. The Morgan fingerprint density at radius 3 is 1.93 bits per heavy atom. The molecule has 0 fully saturated rings. The van der Waals surface area contributed by atoms with Crippen LogP contribution >= 0.6 is 0 Å². The van der Waals surface area contributed by atoms with E-state index < -0.39 is 0 Å². The number of hydrogen-bond acceptors (Lipinski definition) is 1. The number of anilines is 3. The van der Waals surface area contributed by atoms with Crippen molar-refractivity contribution in [1.82, 2.24) is 0 Å². The fraction of sp³-hybridized carbons (Fsp3) is 0.0769. The summed E-state index contributed by atoms with van der Waals surface area (Å²) in [6.45, 7) is 4.71. The van der Waals surface area contributed by atoms with Crippen LogP contribution < -0.4 is 4.90 Å². The molecule has 0 saturated heterocycles. The summed E-state index contributed by atoms with van der Waals surface area (Å²) in [4.78, 5) is 2.45. The lowest BCUT2D eigenvalue weighted by Crippen LogP contribution is -2.16. The maximum absolute atomic E-state index is 2.45. The molecule has 0 amide bonds. The molecular formula is C39H29N. The molecule has 7 aromatic rings. The molecule has 0 radical (unpaired) electrons. The first kappa shape index (κ1) is 23.0. The van der Waals surface area contributed by atoms with E-state index in [-0.39, 0.29) is 5.41 Å². The average molecular weight is 512 g/mol. The molecule has 190 valence electrons. The molecule has 8 rings (SSSR count). The summed E-state index contributed by atoms with van der Waals surface area (Å²) in [7, 11) is 0. The number of hydrogen-bond donors (Lipinski definition) is 0. The van der Waals surface area contributed by atoms with E-state index in [0.29, 0.717) is 0 Å². The largest absolute Gasteiger partial charge is 0.310 e. The first-order valence-electron chi connectivity index (χ1n) is 14.0. The van der Waals surface area contributed by atoms with Crippen LogP contribution in [0.1, 0.15) is 25.0 Å². The second-order valence-electron chi connectivity index (χ2n) is 11.4. The molecule has 7 aromatic carbocycles. The Kier molecular flexibility index (Phi) is 4.93. The van der Waals surface area contributed by atoms with Crippen molar-refractivity contribution >= 4 is 49.4 Å². The van der Waals surface area contributed by atoms with Gasteiger partial charge in [0.05, 0.1) is 5.69 Å². The number of rotatable bonds is 3. The standard InChI is InChI=1S/C39H29N/c1-39(2)36-19-11-10-17-32(36)33-23-21-28(24-37(33)39)40(27-13-4-3-5-14-27)38-25-35-29-15-7-6-12-26(29)20-22-31(35)30-16-8-9-18-34(30)38/h3-25H,1-2H3. The molecule has 0 spiro atoms. The Hall–Kier alpha value is -4.88. The van der Waals surface area contributed by atoms with E-state index in [9.17, 15) is 0 Å². The van der Waals surface area contributed by atoms with E-state index in [1.54, 1.807) is 0 Å². The zero-order valence-electron chi connectivity index (χ0n) is 22.7. The van der Waals surface area contributed by atoms with E-state index in [1.165, 1.54) is 65.9 Å². The lowest BCUT2D eigenvalue weighted by molar-refractivity contribution is 0.660. The van der Waals surface area contributed by atoms with Gasteiger partial charge in [-0.2, -0.15) is 0 Å². The second-order valence-corrected chi connectivity index (χ2v) is 11.4. The van der Waals surface area contributed by atoms with Crippen LogP contribution in [-0.4, -0.2) is 0 Å². The first-order chi connectivity index (χ1) is 19.6. The fourth-order valence-electron chi connectivity index (χ4n) is 6.86. The van der Waals surface area contributed by atoms with Crippen LogP contribution in [0.5, 0.6) is 0 Å². The van der Waals surface area contributed by atoms with Crippen LogP contribution in [0.4, 0.5) is 17.1 Å². The molecule has 0 atom stereocenters. The summed E-state index contributed by atoms with van der Waals surface area (Å²) >= 11 is 0. The van der Waals surface area contributed by atoms with Gasteiger partial charge in [-0.05, 0) is 79.5 Å².